The third-order valence-electron chi connectivity index (χ3n) is 4.02. The van der Waals surface area contributed by atoms with E-state index in [0.29, 0.717) is 25.8 Å². The summed E-state index contributed by atoms with van der Waals surface area (Å²) in [6.07, 6.45) is 1.68. The van der Waals surface area contributed by atoms with Crippen LogP contribution in [0, 0.1) is 11.3 Å². The first-order valence-corrected chi connectivity index (χ1v) is 11.4. The van der Waals surface area contributed by atoms with Crippen molar-refractivity contribution >= 4 is 38.5 Å². The van der Waals surface area contributed by atoms with Crippen LogP contribution in [0.15, 0.2) is 0 Å². The lowest BCUT2D eigenvalue weighted by Crippen LogP contribution is -2.53. The lowest BCUT2D eigenvalue weighted by molar-refractivity contribution is -0.130. The first-order chi connectivity index (χ1) is 13.8. The molecule has 0 saturated heterocycles. The van der Waals surface area contributed by atoms with E-state index in [1.165, 1.54) is 6.92 Å². The predicted octanol–water partition coefficient (Wildman–Crippen LogP) is 0.527. The monoisotopic (exact) mass is 471 g/mol. The van der Waals surface area contributed by atoms with E-state index >= 15 is 0 Å². The van der Waals surface area contributed by atoms with Crippen LogP contribution >= 0.6 is 20.7 Å². The molecule has 11 nitrogen and oxygen atoms in total. The number of rotatable bonds is 14. The first kappa shape index (κ1) is 28.8. The van der Waals surface area contributed by atoms with Gasteiger partial charge in [0, 0.05) is 38.0 Å². The van der Waals surface area contributed by atoms with Crippen LogP contribution in [0.1, 0.15) is 47.0 Å². The Kier molecular flexibility index (Phi) is 13.5. The third kappa shape index (κ3) is 13.2. The summed E-state index contributed by atoms with van der Waals surface area (Å²) < 4.78 is 19.9. The quantitative estimate of drug-likeness (QED) is 0.0924. The molecule has 0 fully saturated rings. The second-order valence-electron chi connectivity index (χ2n) is 7.89. The standard InChI is InChI=1S/C17H34N3O8PS/c1-12(22)20-14(9-19-16(24)17(2,3)4)15(23)18-8-6-5-7-13(10-21)11-27-29(25,26)28-30/h13-14,21,30H,5-11H2,1-4H3,(H,18,23)(H,19,24)(H,20,22)(H,25,26)/t13?,14-/m0/s1. The summed E-state index contributed by atoms with van der Waals surface area (Å²) in [6.45, 7) is 6.39. The highest BCUT2D eigenvalue weighted by Gasteiger charge is 2.25. The Morgan fingerprint density at radius 1 is 1.17 bits per heavy atom. The van der Waals surface area contributed by atoms with Crippen LogP contribution in [0.3, 0.4) is 0 Å². The molecule has 0 aliphatic rings. The zero-order valence-corrected chi connectivity index (χ0v) is 19.6. The largest absolute Gasteiger partial charge is 0.483 e. The van der Waals surface area contributed by atoms with Gasteiger partial charge in [-0.2, -0.15) is 0 Å². The fraction of sp³-hybridized carbons (Fsp3) is 0.824. The summed E-state index contributed by atoms with van der Waals surface area (Å²) in [4.78, 5) is 44.8. The summed E-state index contributed by atoms with van der Waals surface area (Å²) in [6, 6.07) is -0.896. The minimum atomic E-state index is -4.21. The second-order valence-corrected chi connectivity index (χ2v) is 9.74. The number of nitrogens with one attached hydrogen (secondary N) is 3. The van der Waals surface area contributed by atoms with Crippen LogP contribution in [0.25, 0.3) is 0 Å². The van der Waals surface area contributed by atoms with Crippen molar-refractivity contribution < 1.29 is 37.4 Å². The molecule has 0 saturated carbocycles. The van der Waals surface area contributed by atoms with Crippen LogP contribution in [-0.2, 0) is 27.4 Å². The minimum absolute atomic E-state index is 0.0279. The van der Waals surface area contributed by atoms with Gasteiger partial charge in [0.1, 0.15) is 6.04 Å². The van der Waals surface area contributed by atoms with Gasteiger partial charge in [-0.15, -0.1) is 0 Å². The Hall–Kier alpha value is -1.17. The molecular weight excluding hydrogens is 437 g/mol. The molecule has 3 amide bonds. The number of amides is 3. The molecule has 0 radical (unpaired) electrons. The highest BCUT2D eigenvalue weighted by atomic mass is 32.1. The van der Waals surface area contributed by atoms with Crippen molar-refractivity contribution in [2.45, 2.75) is 53.0 Å². The number of phosphoric ester groups is 1. The van der Waals surface area contributed by atoms with Gasteiger partial charge in [-0.25, -0.2) is 8.54 Å². The van der Waals surface area contributed by atoms with E-state index in [-0.39, 0.29) is 31.6 Å². The maximum atomic E-state index is 12.3. The summed E-state index contributed by atoms with van der Waals surface area (Å²) in [5.74, 6) is -1.42. The number of carbonyl (C=O) groups excluding carboxylic acids is 3. The van der Waals surface area contributed by atoms with E-state index in [2.05, 4.69) is 37.4 Å². The normalized spacial score (nSPS) is 15.6. The molecule has 0 aliphatic heterocycles. The highest BCUT2D eigenvalue weighted by Crippen LogP contribution is 2.44. The first-order valence-electron chi connectivity index (χ1n) is 9.57. The number of carbonyl (C=O) groups is 3. The van der Waals surface area contributed by atoms with Gasteiger partial charge in [-0.05, 0) is 25.8 Å². The molecular formula is C17H34N3O8PS. The zero-order valence-electron chi connectivity index (χ0n) is 17.8. The Bertz CT molecular complexity index is 614. The average Bonchev–Trinajstić information content (AvgIpc) is 2.65. The van der Waals surface area contributed by atoms with Crippen molar-refractivity contribution in [2.75, 3.05) is 26.3 Å². The lowest BCUT2D eigenvalue weighted by Gasteiger charge is -2.22. The van der Waals surface area contributed by atoms with Crippen molar-refractivity contribution in [3.8, 4) is 0 Å². The van der Waals surface area contributed by atoms with E-state index in [0.717, 1.165) is 0 Å². The van der Waals surface area contributed by atoms with Gasteiger partial charge >= 0.3 is 7.82 Å². The van der Waals surface area contributed by atoms with Gasteiger partial charge < -0.3 is 26.0 Å². The Morgan fingerprint density at radius 2 is 1.80 bits per heavy atom. The fourth-order valence-corrected chi connectivity index (χ4v) is 2.85. The van der Waals surface area contributed by atoms with E-state index in [9.17, 15) is 24.1 Å². The third-order valence-corrected chi connectivity index (χ3v) is 5.32. The molecule has 0 aromatic heterocycles. The summed E-state index contributed by atoms with van der Waals surface area (Å²) in [5.41, 5.74) is -0.618. The maximum Gasteiger partial charge on any atom is 0.483 e. The second kappa shape index (κ2) is 14.0. The van der Waals surface area contributed by atoms with Crippen molar-refractivity contribution in [3.63, 3.8) is 0 Å². The topological polar surface area (TPSA) is 163 Å². The molecule has 5 N–H and O–H groups in total. The molecule has 0 heterocycles. The van der Waals surface area contributed by atoms with Crippen molar-refractivity contribution in [3.05, 3.63) is 0 Å². The molecule has 13 heteroatoms. The molecule has 0 aliphatic carbocycles. The molecule has 0 bridgehead atoms. The van der Waals surface area contributed by atoms with E-state index < -0.39 is 31.1 Å². The number of aliphatic hydroxyl groups is 1. The fourth-order valence-electron chi connectivity index (χ4n) is 2.26. The van der Waals surface area contributed by atoms with Gasteiger partial charge in [-0.3, -0.25) is 18.9 Å². The molecule has 3 atom stereocenters. The average molecular weight is 472 g/mol. The number of hydrogen-bond acceptors (Lipinski definition) is 8. The van der Waals surface area contributed by atoms with E-state index in [1.807, 2.05) is 0 Å². The number of unbranched alkanes of at least 4 members (excludes halogenated alkanes) is 1. The summed E-state index contributed by atoms with van der Waals surface area (Å²) in [7, 11) is -4.21. The summed E-state index contributed by atoms with van der Waals surface area (Å²) in [5, 5.41) is 17.2. The molecule has 0 aromatic rings. The molecule has 0 rings (SSSR count). The van der Waals surface area contributed by atoms with E-state index in [1.54, 1.807) is 20.8 Å². The van der Waals surface area contributed by atoms with Crippen molar-refractivity contribution in [1.82, 2.24) is 16.0 Å². The number of thiol groups is 1. The van der Waals surface area contributed by atoms with Crippen molar-refractivity contribution in [2.24, 2.45) is 11.3 Å². The smallest absolute Gasteiger partial charge is 0.396 e. The Labute approximate surface area is 182 Å². The van der Waals surface area contributed by atoms with Crippen molar-refractivity contribution in [1.29, 1.82) is 0 Å². The molecule has 0 spiro atoms. The van der Waals surface area contributed by atoms with Gasteiger partial charge in [0.05, 0.1) is 6.61 Å². The van der Waals surface area contributed by atoms with Gasteiger partial charge in [-0.1, -0.05) is 27.2 Å². The van der Waals surface area contributed by atoms with Crippen LogP contribution in [-0.4, -0.2) is 60.1 Å². The molecule has 30 heavy (non-hydrogen) atoms. The maximum absolute atomic E-state index is 12.3. The van der Waals surface area contributed by atoms with Crippen LogP contribution in [0.5, 0.6) is 0 Å². The van der Waals surface area contributed by atoms with Crippen LogP contribution in [0.2, 0.25) is 0 Å². The van der Waals surface area contributed by atoms with E-state index in [4.69, 9.17) is 4.89 Å². The number of aliphatic hydroxyl groups excluding tert-OH is 1. The van der Waals surface area contributed by atoms with Gasteiger partial charge in [0.15, 0.2) is 0 Å². The highest BCUT2D eigenvalue weighted by molar-refractivity contribution is 7.80. The SMILES string of the molecule is CC(=O)N[C@@H](CNC(=O)C(C)(C)C)C(=O)NCCCCC(CO)COP(=O)(O)OS. The lowest BCUT2D eigenvalue weighted by atomic mass is 9.95. The minimum Gasteiger partial charge on any atom is -0.396 e. The van der Waals surface area contributed by atoms with Crippen LogP contribution < -0.4 is 16.0 Å². The predicted molar refractivity (Wildman–Crippen MR) is 113 cm³/mol. The number of phosphoric acid groups is 1. The molecule has 176 valence electrons. The van der Waals surface area contributed by atoms with Gasteiger partial charge in [0.2, 0.25) is 17.7 Å². The Balaban J connectivity index is 4.36. The van der Waals surface area contributed by atoms with Crippen LogP contribution in [0.4, 0.5) is 0 Å². The number of hydrogen-bond donors (Lipinski definition) is 6. The Morgan fingerprint density at radius 3 is 2.30 bits per heavy atom. The molecule has 2 unspecified atom stereocenters. The zero-order chi connectivity index (χ0) is 23.4. The summed E-state index contributed by atoms with van der Waals surface area (Å²) >= 11 is 3.24. The molecule has 0 aromatic carbocycles. The van der Waals surface area contributed by atoms with Gasteiger partial charge in [0.25, 0.3) is 0 Å².